The SMILES string of the molecule is Cc1cc(N(C)C)nc(NC2CCC(NC(=O)c3ccccc3Cl)CC2)n1.Cl. The lowest BCUT2D eigenvalue weighted by atomic mass is 9.91. The van der Waals surface area contributed by atoms with Crippen molar-refractivity contribution in [1.29, 1.82) is 0 Å². The van der Waals surface area contributed by atoms with Gasteiger partial charge in [-0.3, -0.25) is 4.79 Å². The van der Waals surface area contributed by atoms with E-state index in [0.29, 0.717) is 22.6 Å². The van der Waals surface area contributed by atoms with Crippen molar-refractivity contribution in [3.05, 3.63) is 46.6 Å². The van der Waals surface area contributed by atoms with Gasteiger partial charge in [0.15, 0.2) is 0 Å². The number of aromatic nitrogens is 2. The number of nitrogens with one attached hydrogen (secondary N) is 2. The molecule has 0 unspecified atom stereocenters. The molecule has 0 spiro atoms. The predicted octanol–water partition coefficient (Wildman–Crippen LogP) is 4.08. The summed E-state index contributed by atoms with van der Waals surface area (Å²) in [5.41, 5.74) is 1.47. The van der Waals surface area contributed by atoms with E-state index in [1.807, 2.05) is 44.1 Å². The minimum Gasteiger partial charge on any atom is -0.363 e. The van der Waals surface area contributed by atoms with Crippen LogP contribution in [0.25, 0.3) is 0 Å². The minimum atomic E-state index is -0.102. The number of nitrogens with zero attached hydrogens (tertiary/aromatic N) is 3. The third-order valence-corrected chi connectivity index (χ3v) is 5.14. The van der Waals surface area contributed by atoms with Crippen LogP contribution in [0.3, 0.4) is 0 Å². The van der Waals surface area contributed by atoms with Crippen molar-refractivity contribution in [2.24, 2.45) is 0 Å². The zero-order chi connectivity index (χ0) is 19.4. The minimum absolute atomic E-state index is 0. The number of hydrogen-bond acceptors (Lipinski definition) is 5. The molecule has 1 fully saturated rings. The molecular formula is C20H27Cl2N5O. The van der Waals surface area contributed by atoms with Crippen LogP contribution in [0.2, 0.25) is 5.02 Å². The first-order valence-electron chi connectivity index (χ1n) is 9.27. The van der Waals surface area contributed by atoms with Crippen molar-refractivity contribution < 1.29 is 4.79 Å². The first-order valence-corrected chi connectivity index (χ1v) is 9.65. The molecule has 8 heteroatoms. The highest BCUT2D eigenvalue weighted by atomic mass is 35.5. The van der Waals surface area contributed by atoms with Gasteiger partial charge in [0.05, 0.1) is 10.6 Å². The van der Waals surface area contributed by atoms with E-state index in [0.717, 1.165) is 37.2 Å². The van der Waals surface area contributed by atoms with E-state index in [1.54, 1.807) is 12.1 Å². The predicted molar refractivity (Wildman–Crippen MR) is 117 cm³/mol. The fraction of sp³-hybridized carbons (Fsp3) is 0.450. The maximum Gasteiger partial charge on any atom is 0.253 e. The highest BCUT2D eigenvalue weighted by Gasteiger charge is 2.24. The molecule has 1 aliphatic rings. The maximum atomic E-state index is 12.4. The van der Waals surface area contributed by atoms with Gasteiger partial charge in [0.2, 0.25) is 5.95 Å². The summed E-state index contributed by atoms with van der Waals surface area (Å²) in [6, 6.07) is 9.59. The molecule has 1 heterocycles. The average molecular weight is 424 g/mol. The van der Waals surface area contributed by atoms with Crippen LogP contribution in [-0.2, 0) is 0 Å². The van der Waals surface area contributed by atoms with Crippen LogP contribution >= 0.6 is 24.0 Å². The fourth-order valence-corrected chi connectivity index (χ4v) is 3.54. The molecule has 152 valence electrons. The first-order chi connectivity index (χ1) is 12.9. The Labute approximate surface area is 177 Å². The van der Waals surface area contributed by atoms with Gasteiger partial charge in [-0.2, -0.15) is 4.98 Å². The van der Waals surface area contributed by atoms with E-state index in [4.69, 9.17) is 11.6 Å². The van der Waals surface area contributed by atoms with Gasteiger partial charge >= 0.3 is 0 Å². The molecule has 2 aromatic rings. The quantitative estimate of drug-likeness (QED) is 0.757. The number of hydrogen-bond donors (Lipinski definition) is 2. The number of aryl methyl sites for hydroxylation is 1. The molecule has 3 rings (SSSR count). The molecule has 0 radical (unpaired) electrons. The number of carbonyl (C=O) groups excluding carboxylic acids is 1. The third kappa shape index (κ3) is 5.72. The van der Waals surface area contributed by atoms with E-state index in [2.05, 4.69) is 20.6 Å². The molecule has 6 nitrogen and oxygen atoms in total. The zero-order valence-electron chi connectivity index (χ0n) is 16.4. The lowest BCUT2D eigenvalue weighted by Gasteiger charge is -2.30. The highest BCUT2D eigenvalue weighted by molar-refractivity contribution is 6.33. The van der Waals surface area contributed by atoms with E-state index < -0.39 is 0 Å². The summed E-state index contributed by atoms with van der Waals surface area (Å²) in [5.74, 6) is 1.46. The topological polar surface area (TPSA) is 70.2 Å². The van der Waals surface area contributed by atoms with Crippen LogP contribution < -0.4 is 15.5 Å². The Morgan fingerprint density at radius 3 is 2.39 bits per heavy atom. The number of rotatable bonds is 5. The zero-order valence-corrected chi connectivity index (χ0v) is 18.0. The van der Waals surface area contributed by atoms with Crippen LogP contribution in [-0.4, -0.2) is 42.1 Å². The Morgan fingerprint density at radius 1 is 1.11 bits per heavy atom. The highest BCUT2D eigenvalue weighted by Crippen LogP contribution is 2.23. The Morgan fingerprint density at radius 2 is 1.75 bits per heavy atom. The van der Waals surface area contributed by atoms with Gasteiger partial charge in [-0.25, -0.2) is 4.98 Å². The van der Waals surface area contributed by atoms with Crippen LogP contribution in [0.1, 0.15) is 41.7 Å². The summed E-state index contributed by atoms with van der Waals surface area (Å²) in [5, 5.41) is 7.04. The molecule has 28 heavy (non-hydrogen) atoms. The van der Waals surface area contributed by atoms with Gasteiger partial charge in [-0.05, 0) is 44.7 Å². The summed E-state index contributed by atoms with van der Waals surface area (Å²) >= 11 is 6.11. The van der Waals surface area contributed by atoms with Crippen LogP contribution in [0.15, 0.2) is 30.3 Å². The van der Waals surface area contributed by atoms with Gasteiger partial charge in [0.1, 0.15) is 5.82 Å². The average Bonchev–Trinajstić information content (AvgIpc) is 2.63. The fourth-order valence-electron chi connectivity index (χ4n) is 3.32. The molecule has 1 aromatic carbocycles. The summed E-state index contributed by atoms with van der Waals surface area (Å²) in [6.45, 7) is 1.97. The van der Waals surface area contributed by atoms with E-state index >= 15 is 0 Å². The van der Waals surface area contributed by atoms with Crippen molar-refractivity contribution in [3.8, 4) is 0 Å². The lowest BCUT2D eigenvalue weighted by molar-refractivity contribution is 0.0926. The van der Waals surface area contributed by atoms with Gasteiger partial charge in [-0.15, -0.1) is 12.4 Å². The second kappa shape index (κ2) is 9.94. The molecule has 0 saturated heterocycles. The van der Waals surface area contributed by atoms with Gasteiger partial charge in [-0.1, -0.05) is 23.7 Å². The Balaban J connectivity index is 0.00000280. The number of halogens is 2. The molecule has 0 aliphatic heterocycles. The molecule has 0 atom stereocenters. The Kier molecular flexibility index (Phi) is 7.89. The molecule has 2 N–H and O–H groups in total. The summed E-state index contributed by atoms with van der Waals surface area (Å²) in [7, 11) is 3.94. The monoisotopic (exact) mass is 423 g/mol. The van der Waals surface area contributed by atoms with Gasteiger partial charge in [0.25, 0.3) is 5.91 Å². The normalized spacial score (nSPS) is 18.7. The van der Waals surface area contributed by atoms with Crippen LogP contribution in [0, 0.1) is 6.92 Å². The molecule has 1 saturated carbocycles. The molecule has 1 aliphatic carbocycles. The second-order valence-electron chi connectivity index (χ2n) is 7.23. The third-order valence-electron chi connectivity index (χ3n) is 4.81. The number of benzene rings is 1. The number of carbonyl (C=O) groups is 1. The van der Waals surface area contributed by atoms with Crippen molar-refractivity contribution in [2.75, 3.05) is 24.3 Å². The van der Waals surface area contributed by atoms with Gasteiger partial charge < -0.3 is 15.5 Å². The second-order valence-corrected chi connectivity index (χ2v) is 7.64. The number of amides is 1. The van der Waals surface area contributed by atoms with Crippen molar-refractivity contribution in [2.45, 2.75) is 44.7 Å². The standard InChI is InChI=1S/C20H26ClN5O.ClH/c1-13-12-18(26(2)3)25-20(22-13)24-15-10-8-14(9-11-15)23-19(27)16-6-4-5-7-17(16)21;/h4-7,12,14-15H,8-11H2,1-3H3,(H,23,27)(H,22,24,25);1H. The van der Waals surface area contributed by atoms with Crippen molar-refractivity contribution in [1.82, 2.24) is 15.3 Å². The molecule has 0 bridgehead atoms. The Bertz CT molecular complexity index is 807. The lowest BCUT2D eigenvalue weighted by Crippen LogP contribution is -2.40. The van der Waals surface area contributed by atoms with E-state index in [-0.39, 0.29) is 24.4 Å². The molecular weight excluding hydrogens is 397 g/mol. The first kappa shape index (κ1) is 22.2. The largest absolute Gasteiger partial charge is 0.363 e. The van der Waals surface area contributed by atoms with E-state index in [1.165, 1.54) is 0 Å². The maximum absolute atomic E-state index is 12.4. The molecule has 1 aromatic heterocycles. The van der Waals surface area contributed by atoms with Gasteiger partial charge in [0, 0.05) is 37.9 Å². The van der Waals surface area contributed by atoms with Crippen molar-refractivity contribution >= 4 is 41.7 Å². The summed E-state index contributed by atoms with van der Waals surface area (Å²) in [6.07, 6.45) is 3.75. The number of anilines is 2. The summed E-state index contributed by atoms with van der Waals surface area (Å²) in [4.78, 5) is 23.4. The summed E-state index contributed by atoms with van der Waals surface area (Å²) < 4.78 is 0. The molecule has 1 amide bonds. The smallest absolute Gasteiger partial charge is 0.253 e. The van der Waals surface area contributed by atoms with Crippen LogP contribution in [0.4, 0.5) is 11.8 Å². The van der Waals surface area contributed by atoms with Crippen LogP contribution in [0.5, 0.6) is 0 Å². The Hall–Kier alpha value is -2.05. The van der Waals surface area contributed by atoms with E-state index in [9.17, 15) is 4.79 Å². The van der Waals surface area contributed by atoms with Crippen molar-refractivity contribution in [3.63, 3.8) is 0 Å².